The number of rotatable bonds is 7. The molecule has 0 radical (unpaired) electrons. The number of carbonyl (C=O) groups excluding carboxylic acids is 1. The maximum absolute atomic E-state index is 13.2. The van der Waals surface area contributed by atoms with E-state index in [0.29, 0.717) is 26.1 Å². The first kappa shape index (κ1) is 23.1. The number of carbonyl (C=O) groups is 1. The minimum atomic E-state index is -4.03. The minimum Gasteiger partial charge on any atom is -0.495 e. The van der Waals surface area contributed by atoms with Gasteiger partial charge >= 0.3 is 0 Å². The number of fused-ring (bicyclic) bond motifs is 1. The highest BCUT2D eigenvalue weighted by Gasteiger charge is 2.37. The summed E-state index contributed by atoms with van der Waals surface area (Å²) >= 11 is 0. The predicted octanol–water partition coefficient (Wildman–Crippen LogP) is 2.58. The van der Waals surface area contributed by atoms with E-state index in [0.717, 1.165) is 36.9 Å². The SMILES string of the molecule is COc1ccc(S(=O)(=O)N2CCCC2)cc1NS(=O)(=O)c1ccc2c(c1)CCN2C(=O)C1CC1. The highest BCUT2D eigenvalue weighted by atomic mass is 32.2. The van der Waals surface area contributed by atoms with Crippen LogP contribution in [0.25, 0.3) is 0 Å². The monoisotopic (exact) mass is 505 g/mol. The molecule has 2 aromatic carbocycles. The lowest BCUT2D eigenvalue weighted by atomic mass is 10.2. The van der Waals surface area contributed by atoms with E-state index in [2.05, 4.69) is 4.72 Å². The van der Waals surface area contributed by atoms with E-state index in [9.17, 15) is 21.6 Å². The Kier molecular flexibility index (Phi) is 5.81. The molecule has 0 atom stereocenters. The van der Waals surface area contributed by atoms with E-state index < -0.39 is 20.0 Å². The first-order chi connectivity index (χ1) is 16.2. The number of anilines is 2. The lowest BCUT2D eigenvalue weighted by Gasteiger charge is -2.18. The van der Waals surface area contributed by atoms with Gasteiger partial charge in [0.15, 0.2) is 0 Å². The Hall–Kier alpha value is -2.63. The summed E-state index contributed by atoms with van der Waals surface area (Å²) in [5.41, 5.74) is 1.61. The molecule has 2 aromatic rings. The smallest absolute Gasteiger partial charge is 0.262 e. The predicted molar refractivity (Wildman–Crippen MR) is 127 cm³/mol. The van der Waals surface area contributed by atoms with Crippen molar-refractivity contribution in [2.75, 3.05) is 36.4 Å². The zero-order chi connectivity index (χ0) is 24.1. The number of benzene rings is 2. The van der Waals surface area contributed by atoms with Crippen molar-refractivity contribution in [1.29, 1.82) is 0 Å². The van der Waals surface area contributed by atoms with E-state index in [1.165, 1.54) is 35.7 Å². The van der Waals surface area contributed by atoms with E-state index in [4.69, 9.17) is 4.74 Å². The second kappa shape index (κ2) is 8.54. The molecule has 182 valence electrons. The normalized spacial score (nSPS) is 18.7. The Morgan fingerprint density at radius 2 is 1.68 bits per heavy atom. The largest absolute Gasteiger partial charge is 0.495 e. The lowest BCUT2D eigenvalue weighted by molar-refractivity contribution is -0.119. The van der Waals surface area contributed by atoms with Gasteiger partial charge in [-0.25, -0.2) is 16.8 Å². The zero-order valence-electron chi connectivity index (χ0n) is 18.9. The molecule has 1 saturated heterocycles. The van der Waals surface area contributed by atoms with Crippen LogP contribution in [0.1, 0.15) is 31.2 Å². The Bertz CT molecular complexity index is 1350. The van der Waals surface area contributed by atoms with Crippen LogP contribution in [0.5, 0.6) is 5.75 Å². The molecule has 2 heterocycles. The quantitative estimate of drug-likeness (QED) is 0.619. The zero-order valence-corrected chi connectivity index (χ0v) is 20.5. The van der Waals surface area contributed by atoms with Crippen LogP contribution in [0.3, 0.4) is 0 Å². The number of hydrogen-bond donors (Lipinski definition) is 1. The molecule has 11 heteroatoms. The molecular weight excluding hydrogens is 478 g/mol. The fourth-order valence-corrected chi connectivity index (χ4v) is 7.19. The first-order valence-electron chi connectivity index (χ1n) is 11.4. The highest BCUT2D eigenvalue weighted by Crippen LogP contribution is 2.38. The van der Waals surface area contributed by atoms with Gasteiger partial charge in [-0.1, -0.05) is 0 Å². The molecule has 34 heavy (non-hydrogen) atoms. The summed E-state index contributed by atoms with van der Waals surface area (Å²) in [6.07, 6.45) is 4.02. The maximum Gasteiger partial charge on any atom is 0.262 e. The van der Waals surface area contributed by atoms with Gasteiger partial charge in [0.05, 0.1) is 22.6 Å². The highest BCUT2D eigenvalue weighted by molar-refractivity contribution is 7.92. The molecule has 5 rings (SSSR count). The van der Waals surface area contributed by atoms with Gasteiger partial charge in [0.2, 0.25) is 15.9 Å². The molecule has 9 nitrogen and oxygen atoms in total. The third kappa shape index (κ3) is 4.16. The van der Waals surface area contributed by atoms with Crippen molar-refractivity contribution < 1.29 is 26.4 Å². The average Bonchev–Trinajstić information content (AvgIpc) is 3.33. The Balaban J connectivity index is 1.43. The Morgan fingerprint density at radius 3 is 2.35 bits per heavy atom. The van der Waals surface area contributed by atoms with Crippen LogP contribution in [0.4, 0.5) is 11.4 Å². The van der Waals surface area contributed by atoms with Crippen LogP contribution < -0.4 is 14.4 Å². The molecule has 1 N–H and O–H groups in total. The molecule has 2 aliphatic heterocycles. The van der Waals surface area contributed by atoms with Crippen molar-refractivity contribution in [1.82, 2.24) is 4.31 Å². The number of ether oxygens (including phenoxy) is 1. The number of hydrogen-bond acceptors (Lipinski definition) is 6. The second-order valence-electron chi connectivity index (χ2n) is 8.88. The minimum absolute atomic E-state index is 0.0103. The first-order valence-corrected chi connectivity index (χ1v) is 14.3. The fourth-order valence-electron chi connectivity index (χ4n) is 4.53. The Labute approximate surface area is 199 Å². The third-order valence-electron chi connectivity index (χ3n) is 6.57. The van der Waals surface area contributed by atoms with Crippen molar-refractivity contribution >= 4 is 37.3 Å². The molecule has 0 bridgehead atoms. The van der Waals surface area contributed by atoms with Gasteiger partial charge in [-0.15, -0.1) is 0 Å². The summed E-state index contributed by atoms with van der Waals surface area (Å²) in [6.45, 7) is 1.45. The molecule has 3 aliphatic rings. The van der Waals surface area contributed by atoms with Crippen molar-refractivity contribution in [2.45, 2.75) is 41.9 Å². The van der Waals surface area contributed by atoms with E-state index in [1.807, 2.05) is 0 Å². The topological polar surface area (TPSA) is 113 Å². The lowest BCUT2D eigenvalue weighted by Crippen LogP contribution is -2.30. The molecule has 0 spiro atoms. The van der Waals surface area contributed by atoms with E-state index >= 15 is 0 Å². The molecular formula is C23H27N3O6S2. The van der Waals surface area contributed by atoms with Crippen molar-refractivity contribution in [3.63, 3.8) is 0 Å². The standard InChI is InChI=1S/C23H27N3O6S2/c1-32-22-9-7-19(34(30,31)25-11-2-3-12-25)15-20(22)24-33(28,29)18-6-8-21-17(14-18)10-13-26(21)23(27)16-4-5-16/h6-9,14-16,24H,2-5,10-13H2,1H3. The Morgan fingerprint density at radius 1 is 0.971 bits per heavy atom. The van der Waals surface area contributed by atoms with Gasteiger partial charge in [-0.3, -0.25) is 9.52 Å². The number of nitrogens with zero attached hydrogens (tertiary/aromatic N) is 2. The number of nitrogens with one attached hydrogen (secondary N) is 1. The summed E-state index contributed by atoms with van der Waals surface area (Å²) in [7, 11) is -6.37. The van der Waals surface area contributed by atoms with Crippen LogP contribution >= 0.6 is 0 Å². The van der Waals surface area contributed by atoms with Gasteiger partial charge in [0.25, 0.3) is 10.0 Å². The van der Waals surface area contributed by atoms with Crippen molar-refractivity contribution in [2.24, 2.45) is 5.92 Å². The number of amides is 1. The average molecular weight is 506 g/mol. The molecule has 0 aromatic heterocycles. The summed E-state index contributed by atoms with van der Waals surface area (Å²) in [4.78, 5) is 14.3. The van der Waals surface area contributed by atoms with Crippen LogP contribution in [0.15, 0.2) is 46.2 Å². The third-order valence-corrected chi connectivity index (χ3v) is 9.83. The van der Waals surface area contributed by atoms with Gasteiger partial charge in [-0.05, 0) is 74.1 Å². The summed E-state index contributed by atoms with van der Waals surface area (Å²) in [5, 5.41) is 0. The summed E-state index contributed by atoms with van der Waals surface area (Å²) in [5.74, 6) is 0.409. The van der Waals surface area contributed by atoms with Gasteiger partial charge in [0.1, 0.15) is 5.75 Å². The molecule has 1 amide bonds. The van der Waals surface area contributed by atoms with Crippen molar-refractivity contribution in [3.05, 3.63) is 42.0 Å². The maximum atomic E-state index is 13.2. The summed E-state index contributed by atoms with van der Waals surface area (Å²) in [6, 6.07) is 8.89. The van der Waals surface area contributed by atoms with Gasteiger partial charge < -0.3 is 9.64 Å². The van der Waals surface area contributed by atoms with Crippen molar-refractivity contribution in [3.8, 4) is 5.75 Å². The molecule has 1 saturated carbocycles. The summed E-state index contributed by atoms with van der Waals surface area (Å²) < 4.78 is 61.5. The molecule has 0 unspecified atom stereocenters. The van der Waals surface area contributed by atoms with Crippen LogP contribution in [0.2, 0.25) is 0 Å². The van der Waals surface area contributed by atoms with E-state index in [-0.39, 0.29) is 33.1 Å². The number of sulfonamides is 2. The number of methoxy groups -OCH3 is 1. The van der Waals surface area contributed by atoms with Gasteiger partial charge in [-0.2, -0.15) is 4.31 Å². The molecule has 1 aliphatic carbocycles. The van der Waals surface area contributed by atoms with E-state index in [1.54, 1.807) is 17.0 Å². The van der Waals surface area contributed by atoms with Crippen LogP contribution in [0, 0.1) is 5.92 Å². The molecule has 2 fully saturated rings. The fraction of sp³-hybridized carbons (Fsp3) is 0.435. The van der Waals surface area contributed by atoms with Crippen LogP contribution in [-0.2, 0) is 31.3 Å². The van der Waals surface area contributed by atoms with Crippen LogP contribution in [-0.4, -0.2) is 53.8 Å². The second-order valence-corrected chi connectivity index (χ2v) is 12.5. The van der Waals surface area contributed by atoms with Gasteiger partial charge in [0, 0.05) is 31.2 Å².